The van der Waals surface area contributed by atoms with Gasteiger partial charge in [0.15, 0.2) is 6.10 Å². The van der Waals surface area contributed by atoms with Crippen LogP contribution in [0.25, 0.3) is 0 Å². The molecular weight excluding hydrogens is 448 g/mol. The van der Waals surface area contributed by atoms with Gasteiger partial charge in [-0.3, -0.25) is 13.9 Å². The van der Waals surface area contributed by atoms with E-state index in [9.17, 15) is 18.0 Å². The van der Waals surface area contributed by atoms with E-state index in [-0.39, 0.29) is 0 Å². The molecule has 7 nitrogen and oxygen atoms in total. The fraction of sp³-hybridized carbons (Fsp3) is 0.263. The molecule has 0 aliphatic heterocycles. The maximum atomic E-state index is 12.3. The summed E-state index contributed by atoms with van der Waals surface area (Å²) in [6.45, 7) is 2.64. The van der Waals surface area contributed by atoms with Crippen molar-refractivity contribution in [2.75, 3.05) is 22.4 Å². The van der Waals surface area contributed by atoms with Gasteiger partial charge in [-0.1, -0.05) is 34.1 Å². The van der Waals surface area contributed by atoms with Crippen LogP contribution in [-0.2, 0) is 24.3 Å². The molecule has 1 unspecified atom stereocenters. The molecule has 1 atom stereocenters. The summed E-state index contributed by atoms with van der Waals surface area (Å²) < 4.78 is 31.2. The summed E-state index contributed by atoms with van der Waals surface area (Å²) in [5.41, 5.74) is 1.63. The van der Waals surface area contributed by atoms with E-state index >= 15 is 0 Å². The van der Waals surface area contributed by atoms with Crippen LogP contribution in [0.2, 0.25) is 0 Å². The topological polar surface area (TPSA) is 92.8 Å². The predicted molar refractivity (Wildman–Crippen MR) is 112 cm³/mol. The van der Waals surface area contributed by atoms with Gasteiger partial charge in [0, 0.05) is 10.2 Å². The van der Waals surface area contributed by atoms with Crippen molar-refractivity contribution in [1.29, 1.82) is 0 Å². The highest BCUT2D eigenvalue weighted by molar-refractivity contribution is 9.10. The van der Waals surface area contributed by atoms with Crippen LogP contribution in [0, 0.1) is 6.92 Å². The number of nitrogens with zero attached hydrogens (tertiary/aromatic N) is 1. The number of hydrogen-bond donors (Lipinski definition) is 1. The molecule has 2 rings (SSSR count). The smallest absolute Gasteiger partial charge is 0.327 e. The van der Waals surface area contributed by atoms with E-state index in [1.54, 1.807) is 55.5 Å². The van der Waals surface area contributed by atoms with E-state index in [0.717, 1.165) is 15.0 Å². The molecule has 9 heteroatoms. The minimum atomic E-state index is -3.72. The fourth-order valence-electron chi connectivity index (χ4n) is 2.41. The number of carbonyl (C=O) groups excluding carboxylic acids is 2. The van der Waals surface area contributed by atoms with E-state index in [4.69, 9.17) is 4.74 Å². The number of amides is 1. The predicted octanol–water partition coefficient (Wildman–Crippen LogP) is 3.09. The highest BCUT2D eigenvalue weighted by Gasteiger charge is 2.25. The number of carbonyl (C=O) groups is 2. The molecule has 1 amide bonds. The molecule has 0 saturated carbocycles. The number of esters is 1. The second kappa shape index (κ2) is 9.20. The zero-order valence-corrected chi connectivity index (χ0v) is 18.1. The summed E-state index contributed by atoms with van der Waals surface area (Å²) >= 11 is 3.30. The molecule has 2 aromatic rings. The highest BCUT2D eigenvalue weighted by Crippen LogP contribution is 2.22. The number of benzene rings is 2. The maximum absolute atomic E-state index is 12.3. The lowest BCUT2D eigenvalue weighted by Gasteiger charge is -2.24. The zero-order chi connectivity index (χ0) is 20.9. The summed E-state index contributed by atoms with van der Waals surface area (Å²) in [5, 5.41) is 2.63. The summed E-state index contributed by atoms with van der Waals surface area (Å²) in [6.07, 6.45) is -0.0782. The van der Waals surface area contributed by atoms with Crippen LogP contribution in [0.3, 0.4) is 0 Å². The maximum Gasteiger partial charge on any atom is 0.327 e. The third kappa shape index (κ3) is 6.07. The number of ether oxygens (including phenoxy) is 1. The number of sulfonamides is 1. The lowest BCUT2D eigenvalue weighted by atomic mass is 10.2. The Morgan fingerprint density at radius 2 is 1.75 bits per heavy atom. The van der Waals surface area contributed by atoms with Gasteiger partial charge < -0.3 is 10.1 Å². The molecule has 0 bridgehead atoms. The van der Waals surface area contributed by atoms with Crippen LogP contribution < -0.4 is 9.62 Å². The summed E-state index contributed by atoms with van der Waals surface area (Å²) in [5.74, 6) is -1.34. The Labute approximate surface area is 172 Å². The van der Waals surface area contributed by atoms with E-state index < -0.39 is 34.5 Å². The molecule has 0 fully saturated rings. The van der Waals surface area contributed by atoms with Gasteiger partial charge in [-0.05, 0) is 49.7 Å². The number of nitrogens with one attached hydrogen (secondary N) is 1. The Morgan fingerprint density at radius 3 is 2.32 bits per heavy atom. The number of anilines is 2. The molecule has 0 aliphatic carbocycles. The summed E-state index contributed by atoms with van der Waals surface area (Å²) in [4.78, 5) is 24.5. The Hall–Kier alpha value is -2.39. The summed E-state index contributed by atoms with van der Waals surface area (Å²) in [7, 11) is -3.72. The monoisotopic (exact) mass is 468 g/mol. The minimum absolute atomic E-state index is 0.383. The van der Waals surface area contributed by atoms with Crippen molar-refractivity contribution < 1.29 is 22.7 Å². The average molecular weight is 469 g/mol. The quantitative estimate of drug-likeness (QED) is 0.630. The molecule has 0 spiro atoms. The van der Waals surface area contributed by atoms with Gasteiger partial charge in [0.2, 0.25) is 10.0 Å². The van der Waals surface area contributed by atoms with Crippen molar-refractivity contribution in [1.82, 2.24) is 0 Å². The molecule has 2 aromatic carbocycles. The van der Waals surface area contributed by atoms with Crippen molar-refractivity contribution >= 4 is 49.2 Å². The largest absolute Gasteiger partial charge is 0.451 e. The van der Waals surface area contributed by atoms with Crippen LogP contribution >= 0.6 is 15.9 Å². The molecule has 0 aromatic heterocycles. The van der Waals surface area contributed by atoms with Crippen LogP contribution in [0.5, 0.6) is 0 Å². The van der Waals surface area contributed by atoms with Crippen molar-refractivity contribution in [2.45, 2.75) is 20.0 Å². The number of para-hydroxylation sites is 1. The van der Waals surface area contributed by atoms with E-state index in [0.29, 0.717) is 16.9 Å². The van der Waals surface area contributed by atoms with Gasteiger partial charge in [-0.15, -0.1) is 0 Å². The van der Waals surface area contributed by atoms with Gasteiger partial charge in [-0.25, -0.2) is 8.42 Å². The number of aryl methyl sites for hydroxylation is 1. The van der Waals surface area contributed by atoms with Crippen LogP contribution in [0.4, 0.5) is 11.4 Å². The van der Waals surface area contributed by atoms with E-state index in [2.05, 4.69) is 21.2 Å². The highest BCUT2D eigenvalue weighted by atomic mass is 79.9. The first-order valence-corrected chi connectivity index (χ1v) is 11.0. The Balaban J connectivity index is 2.04. The van der Waals surface area contributed by atoms with E-state index in [1.165, 1.54) is 6.92 Å². The Bertz CT molecular complexity index is 961. The third-order valence-corrected chi connectivity index (χ3v) is 5.50. The van der Waals surface area contributed by atoms with E-state index in [1.807, 2.05) is 0 Å². The number of hydrogen-bond acceptors (Lipinski definition) is 5. The molecule has 1 N–H and O–H groups in total. The SMILES string of the molecule is Cc1ccccc1N(CC(=O)OC(C)C(=O)Nc1ccc(Br)cc1)S(C)(=O)=O. The third-order valence-electron chi connectivity index (χ3n) is 3.85. The second-order valence-corrected chi connectivity index (χ2v) is 9.01. The lowest BCUT2D eigenvalue weighted by molar-refractivity contribution is -0.151. The fourth-order valence-corrected chi connectivity index (χ4v) is 3.57. The van der Waals surface area contributed by atoms with Crippen molar-refractivity contribution in [2.24, 2.45) is 0 Å². The van der Waals surface area contributed by atoms with Gasteiger partial charge in [0.1, 0.15) is 6.54 Å². The lowest BCUT2D eigenvalue weighted by Crippen LogP contribution is -2.39. The van der Waals surface area contributed by atoms with Crippen molar-refractivity contribution in [3.05, 3.63) is 58.6 Å². The summed E-state index contributed by atoms with van der Waals surface area (Å²) in [6, 6.07) is 13.7. The molecule has 28 heavy (non-hydrogen) atoms. The van der Waals surface area contributed by atoms with Crippen LogP contribution in [-0.4, -0.2) is 39.2 Å². The first-order valence-electron chi connectivity index (χ1n) is 8.37. The molecule has 150 valence electrons. The first kappa shape index (κ1) is 21.9. The van der Waals surface area contributed by atoms with Gasteiger partial charge >= 0.3 is 5.97 Å². The van der Waals surface area contributed by atoms with Gasteiger partial charge in [0.05, 0.1) is 11.9 Å². The Kier molecular flexibility index (Phi) is 7.20. The minimum Gasteiger partial charge on any atom is -0.451 e. The molecule has 0 heterocycles. The second-order valence-electron chi connectivity index (χ2n) is 6.18. The van der Waals surface area contributed by atoms with Gasteiger partial charge in [0.25, 0.3) is 5.91 Å². The number of rotatable bonds is 7. The number of halogens is 1. The average Bonchev–Trinajstić information content (AvgIpc) is 2.61. The molecular formula is C19H21BrN2O5S. The standard InChI is InChI=1S/C19H21BrN2O5S/c1-13-6-4-5-7-17(13)22(28(3,25)26)12-18(23)27-14(2)19(24)21-16-10-8-15(20)9-11-16/h4-11,14H,12H2,1-3H3,(H,21,24). The van der Waals surface area contributed by atoms with Gasteiger partial charge in [-0.2, -0.15) is 0 Å². The van der Waals surface area contributed by atoms with Crippen LogP contribution in [0.15, 0.2) is 53.0 Å². The zero-order valence-electron chi connectivity index (χ0n) is 15.7. The van der Waals surface area contributed by atoms with Crippen molar-refractivity contribution in [3.63, 3.8) is 0 Å². The normalized spacial score (nSPS) is 12.1. The molecule has 0 radical (unpaired) electrons. The van der Waals surface area contributed by atoms with Crippen molar-refractivity contribution in [3.8, 4) is 0 Å². The Morgan fingerprint density at radius 1 is 1.14 bits per heavy atom. The first-order chi connectivity index (χ1) is 13.1. The molecule has 0 saturated heterocycles. The molecule has 0 aliphatic rings. The van der Waals surface area contributed by atoms with Crippen LogP contribution in [0.1, 0.15) is 12.5 Å².